The smallest absolute Gasteiger partial charge is 0.281 e. The number of anilines is 1. The van der Waals surface area contributed by atoms with Crippen LogP contribution in [0.2, 0.25) is 0 Å². The quantitative estimate of drug-likeness (QED) is 0.759. The molecule has 2 aliphatic rings. The first kappa shape index (κ1) is 20.0. The summed E-state index contributed by atoms with van der Waals surface area (Å²) in [6, 6.07) is 6.37. The van der Waals surface area contributed by atoms with E-state index >= 15 is 0 Å². The lowest BCUT2D eigenvalue weighted by Crippen LogP contribution is -2.54. The summed E-state index contributed by atoms with van der Waals surface area (Å²) in [6.45, 7) is 3.26. The number of hydrogen-bond donors (Lipinski definition) is 0. The molecule has 0 aliphatic carbocycles. The van der Waals surface area contributed by atoms with Gasteiger partial charge in [-0.15, -0.1) is 0 Å². The van der Waals surface area contributed by atoms with Crippen LogP contribution in [0.4, 0.5) is 10.1 Å². The minimum Gasteiger partial charge on any atom is -0.368 e. The van der Waals surface area contributed by atoms with Crippen LogP contribution in [-0.2, 0) is 15.0 Å². The first-order chi connectivity index (χ1) is 12.8. The van der Waals surface area contributed by atoms with Gasteiger partial charge in [-0.2, -0.15) is 17.0 Å². The van der Waals surface area contributed by atoms with E-state index in [2.05, 4.69) is 4.90 Å². The Hall–Kier alpha value is -1.71. The van der Waals surface area contributed by atoms with Gasteiger partial charge in [-0.1, -0.05) is 0 Å². The monoisotopic (exact) mass is 398 g/mol. The molecular weight excluding hydrogens is 371 g/mol. The summed E-state index contributed by atoms with van der Waals surface area (Å²) in [7, 11) is -0.470. The van der Waals surface area contributed by atoms with Gasteiger partial charge in [0, 0.05) is 59.1 Å². The number of carbonyl (C=O) groups excluding carboxylic acids is 1. The zero-order valence-electron chi connectivity index (χ0n) is 15.8. The van der Waals surface area contributed by atoms with Crippen LogP contribution in [0.15, 0.2) is 24.3 Å². The Morgan fingerprint density at radius 2 is 1.70 bits per heavy atom. The highest BCUT2D eigenvalue weighted by Crippen LogP contribution is 2.23. The largest absolute Gasteiger partial charge is 0.368 e. The highest BCUT2D eigenvalue weighted by atomic mass is 32.2. The van der Waals surface area contributed by atoms with Gasteiger partial charge in [0.15, 0.2) is 0 Å². The topological polar surface area (TPSA) is 64.2 Å². The number of carbonyl (C=O) groups is 1. The molecule has 0 spiro atoms. The summed E-state index contributed by atoms with van der Waals surface area (Å²) in [5, 5.41) is 0. The maximum absolute atomic E-state index is 13.1. The number of nitrogens with zero attached hydrogens (tertiary/aromatic N) is 4. The van der Waals surface area contributed by atoms with Crippen molar-refractivity contribution in [3.63, 3.8) is 0 Å². The van der Waals surface area contributed by atoms with E-state index in [4.69, 9.17) is 0 Å². The van der Waals surface area contributed by atoms with Crippen molar-refractivity contribution >= 4 is 21.8 Å². The van der Waals surface area contributed by atoms with E-state index in [0.29, 0.717) is 39.1 Å². The standard InChI is InChI=1S/C18H27FN4O3S/c1-20(2)27(25,26)23-9-3-4-15(14-23)18(24)22-12-10-21(11-13-22)17-7-5-16(19)6-8-17/h5-8,15H,3-4,9-14H2,1-2H3. The SMILES string of the molecule is CN(C)S(=O)(=O)N1CCCC(C(=O)N2CCN(c3ccc(F)cc3)CC2)C1. The van der Waals surface area contributed by atoms with Gasteiger partial charge in [0.2, 0.25) is 5.91 Å². The van der Waals surface area contributed by atoms with Crippen molar-refractivity contribution in [2.24, 2.45) is 5.92 Å². The normalized spacial score (nSPS) is 22.3. The van der Waals surface area contributed by atoms with E-state index in [1.807, 2.05) is 4.90 Å². The van der Waals surface area contributed by atoms with Crippen LogP contribution in [0, 0.1) is 11.7 Å². The molecule has 1 amide bonds. The molecule has 9 heteroatoms. The molecule has 27 heavy (non-hydrogen) atoms. The van der Waals surface area contributed by atoms with E-state index in [0.717, 1.165) is 12.1 Å². The third-order valence-corrected chi connectivity index (χ3v) is 7.21. The maximum atomic E-state index is 13.1. The Morgan fingerprint density at radius 3 is 2.30 bits per heavy atom. The average molecular weight is 399 g/mol. The van der Waals surface area contributed by atoms with Gasteiger partial charge in [0.05, 0.1) is 5.92 Å². The van der Waals surface area contributed by atoms with E-state index in [9.17, 15) is 17.6 Å². The van der Waals surface area contributed by atoms with Crippen molar-refractivity contribution in [1.82, 2.24) is 13.5 Å². The third kappa shape index (κ3) is 4.41. The van der Waals surface area contributed by atoms with E-state index in [-0.39, 0.29) is 24.2 Å². The summed E-state index contributed by atoms with van der Waals surface area (Å²) in [6.07, 6.45) is 1.41. The summed E-state index contributed by atoms with van der Waals surface area (Å²) in [4.78, 5) is 16.9. The van der Waals surface area contributed by atoms with Gasteiger partial charge in [-0.05, 0) is 37.1 Å². The summed E-state index contributed by atoms with van der Waals surface area (Å²) < 4.78 is 40.4. The number of halogens is 1. The van der Waals surface area contributed by atoms with Crippen molar-refractivity contribution in [3.05, 3.63) is 30.1 Å². The zero-order valence-corrected chi connectivity index (χ0v) is 16.7. The fraction of sp³-hybridized carbons (Fsp3) is 0.611. The summed E-state index contributed by atoms with van der Waals surface area (Å²) >= 11 is 0. The summed E-state index contributed by atoms with van der Waals surface area (Å²) in [5.74, 6) is -0.514. The molecule has 0 bridgehead atoms. The molecule has 2 aliphatic heterocycles. The molecule has 2 fully saturated rings. The number of hydrogen-bond acceptors (Lipinski definition) is 4. The molecule has 0 N–H and O–H groups in total. The predicted octanol–water partition coefficient (Wildman–Crippen LogP) is 0.993. The number of benzene rings is 1. The molecular formula is C18H27FN4O3S. The molecule has 1 aromatic rings. The van der Waals surface area contributed by atoms with Crippen LogP contribution in [0.1, 0.15) is 12.8 Å². The lowest BCUT2D eigenvalue weighted by molar-refractivity contribution is -0.137. The number of piperazine rings is 1. The number of rotatable bonds is 4. The van der Waals surface area contributed by atoms with Crippen LogP contribution < -0.4 is 4.90 Å². The van der Waals surface area contributed by atoms with Crippen LogP contribution in [0.5, 0.6) is 0 Å². The molecule has 3 rings (SSSR count). The number of piperidine rings is 1. The minimum absolute atomic E-state index is 0.0346. The van der Waals surface area contributed by atoms with Crippen LogP contribution in [0.25, 0.3) is 0 Å². The Labute approximate surface area is 160 Å². The van der Waals surface area contributed by atoms with E-state index in [1.54, 1.807) is 12.1 Å². The van der Waals surface area contributed by atoms with Crippen LogP contribution in [0.3, 0.4) is 0 Å². The van der Waals surface area contributed by atoms with Gasteiger partial charge >= 0.3 is 0 Å². The van der Waals surface area contributed by atoms with Crippen molar-refractivity contribution in [3.8, 4) is 0 Å². The molecule has 1 unspecified atom stereocenters. The fourth-order valence-electron chi connectivity index (χ4n) is 3.68. The lowest BCUT2D eigenvalue weighted by Gasteiger charge is -2.39. The molecule has 0 saturated carbocycles. The lowest BCUT2D eigenvalue weighted by atomic mass is 9.97. The van der Waals surface area contributed by atoms with Crippen molar-refractivity contribution in [2.45, 2.75) is 12.8 Å². The van der Waals surface area contributed by atoms with Crippen LogP contribution in [-0.4, -0.2) is 81.2 Å². The highest BCUT2D eigenvalue weighted by molar-refractivity contribution is 7.86. The third-order valence-electron chi connectivity index (χ3n) is 5.30. The fourth-order valence-corrected chi connectivity index (χ4v) is 4.87. The maximum Gasteiger partial charge on any atom is 0.281 e. The zero-order chi connectivity index (χ0) is 19.6. The van der Waals surface area contributed by atoms with Gasteiger partial charge < -0.3 is 9.80 Å². The van der Waals surface area contributed by atoms with Gasteiger partial charge in [-0.25, -0.2) is 4.39 Å². The Morgan fingerprint density at radius 1 is 1.07 bits per heavy atom. The Bertz CT molecular complexity index is 761. The molecule has 0 aromatic heterocycles. The Balaban J connectivity index is 1.58. The minimum atomic E-state index is -3.49. The first-order valence-corrected chi connectivity index (χ1v) is 10.7. The molecule has 2 heterocycles. The number of amides is 1. The molecule has 1 aromatic carbocycles. The van der Waals surface area contributed by atoms with Crippen LogP contribution >= 0.6 is 0 Å². The van der Waals surface area contributed by atoms with E-state index < -0.39 is 10.2 Å². The van der Waals surface area contributed by atoms with Crippen molar-refractivity contribution < 1.29 is 17.6 Å². The molecule has 7 nitrogen and oxygen atoms in total. The second-order valence-electron chi connectivity index (χ2n) is 7.28. The van der Waals surface area contributed by atoms with Crippen molar-refractivity contribution in [1.29, 1.82) is 0 Å². The van der Waals surface area contributed by atoms with Gasteiger partial charge in [0.1, 0.15) is 5.82 Å². The van der Waals surface area contributed by atoms with Gasteiger partial charge in [-0.3, -0.25) is 4.79 Å². The Kier molecular flexibility index (Phi) is 6.02. The highest BCUT2D eigenvalue weighted by Gasteiger charge is 2.35. The second kappa shape index (κ2) is 8.12. The predicted molar refractivity (Wildman–Crippen MR) is 102 cm³/mol. The first-order valence-electron chi connectivity index (χ1n) is 9.26. The van der Waals surface area contributed by atoms with E-state index in [1.165, 1.54) is 34.8 Å². The molecule has 1 atom stereocenters. The summed E-state index contributed by atoms with van der Waals surface area (Å²) in [5.41, 5.74) is 0.949. The average Bonchev–Trinajstić information content (AvgIpc) is 2.68. The molecule has 0 radical (unpaired) electrons. The molecule has 150 valence electrons. The second-order valence-corrected chi connectivity index (χ2v) is 9.42. The molecule has 2 saturated heterocycles. The van der Waals surface area contributed by atoms with Gasteiger partial charge in [0.25, 0.3) is 10.2 Å². The van der Waals surface area contributed by atoms with Crippen molar-refractivity contribution in [2.75, 3.05) is 58.3 Å².